The summed E-state index contributed by atoms with van der Waals surface area (Å²) >= 11 is 0. The number of quaternary nitrogens is 1. The molecule has 1 amide bonds. The van der Waals surface area contributed by atoms with E-state index in [0.717, 1.165) is 13.0 Å². The topological polar surface area (TPSA) is 29.1 Å². The van der Waals surface area contributed by atoms with Crippen LogP contribution in [0.15, 0.2) is 12.2 Å². The maximum absolute atomic E-state index is 11.6. The van der Waals surface area contributed by atoms with E-state index >= 15 is 0 Å². The van der Waals surface area contributed by atoms with Gasteiger partial charge in [-0.25, -0.2) is 0 Å². The highest BCUT2D eigenvalue weighted by Gasteiger charge is 2.25. The van der Waals surface area contributed by atoms with Gasteiger partial charge in [0.25, 0.3) is 0 Å². The maximum Gasteiger partial charge on any atom is 0.246 e. The Morgan fingerprint density at radius 2 is 1.26 bits per heavy atom. The molecular weight excluding hydrogens is 308 g/mol. The first-order chi connectivity index (χ1) is 10.5. The van der Waals surface area contributed by atoms with Crippen LogP contribution in [0.5, 0.6) is 0 Å². The zero-order chi connectivity index (χ0) is 16.8. The van der Waals surface area contributed by atoms with Crippen molar-refractivity contribution >= 4 is 5.91 Å². The summed E-state index contributed by atoms with van der Waals surface area (Å²) in [6, 6.07) is 0. The number of nitrogens with one attached hydrogen (secondary N) is 1. The van der Waals surface area contributed by atoms with E-state index in [-0.39, 0.29) is 18.3 Å². The lowest BCUT2D eigenvalue weighted by Crippen LogP contribution is -3.00. The van der Waals surface area contributed by atoms with E-state index < -0.39 is 0 Å². The fourth-order valence-corrected chi connectivity index (χ4v) is 2.92. The molecule has 0 saturated carbocycles. The largest absolute Gasteiger partial charge is 1.00 e. The number of nitrogens with zero attached hydrogens (tertiary/aromatic N) is 1. The quantitative estimate of drug-likeness (QED) is 0.286. The number of halogens is 1. The second-order valence-electron chi connectivity index (χ2n) is 6.69. The normalized spacial score (nSPS) is 11.0. The molecule has 1 N–H and O–H groups in total. The molecule has 0 saturated heterocycles. The van der Waals surface area contributed by atoms with Crippen molar-refractivity contribution in [1.29, 1.82) is 0 Å². The minimum Gasteiger partial charge on any atom is -1.00 e. The highest BCUT2D eigenvalue weighted by molar-refractivity contribution is 5.91. The number of carbonyl (C=O) groups is 1. The van der Waals surface area contributed by atoms with Crippen LogP contribution in [0.3, 0.4) is 0 Å². The van der Waals surface area contributed by atoms with Gasteiger partial charge in [0, 0.05) is 18.5 Å². The van der Waals surface area contributed by atoms with E-state index in [1.165, 1.54) is 69.2 Å². The van der Waals surface area contributed by atoms with Gasteiger partial charge >= 0.3 is 0 Å². The minimum absolute atomic E-state index is 0. The van der Waals surface area contributed by atoms with E-state index in [0.29, 0.717) is 5.57 Å². The van der Waals surface area contributed by atoms with Gasteiger partial charge in [-0.3, -0.25) is 4.79 Å². The molecular formula is C19H39ClN2O. The van der Waals surface area contributed by atoms with Crippen molar-refractivity contribution in [2.45, 2.75) is 72.6 Å². The van der Waals surface area contributed by atoms with Crippen LogP contribution in [0.1, 0.15) is 72.6 Å². The Balaban J connectivity index is 0. The predicted molar refractivity (Wildman–Crippen MR) is 96.9 cm³/mol. The molecule has 0 aliphatic heterocycles. The van der Waals surface area contributed by atoms with Crippen LogP contribution < -0.4 is 17.7 Å². The summed E-state index contributed by atoms with van der Waals surface area (Å²) in [6.07, 6.45) is 8.80. The Labute approximate surface area is 150 Å². The minimum atomic E-state index is -0.00576. The van der Waals surface area contributed by atoms with Crippen molar-refractivity contribution in [2.24, 2.45) is 0 Å². The molecule has 0 aliphatic rings. The lowest BCUT2D eigenvalue weighted by molar-refractivity contribution is -0.929. The van der Waals surface area contributed by atoms with Crippen LogP contribution in [-0.4, -0.2) is 43.1 Å². The van der Waals surface area contributed by atoms with E-state index in [1.54, 1.807) is 6.92 Å². The fraction of sp³-hybridized carbons (Fsp3) is 0.842. The van der Waals surface area contributed by atoms with Gasteiger partial charge in [-0.05, 0) is 26.2 Å². The summed E-state index contributed by atoms with van der Waals surface area (Å²) in [5.41, 5.74) is 0.601. The van der Waals surface area contributed by atoms with Crippen molar-refractivity contribution in [3.63, 3.8) is 0 Å². The standard InChI is InChI=1S/C19H38N2O.ClH/c1-6-9-14-21(15-10-7-2,16-11-8-3)17-12-13-20-19(22)18(4)5;/h4,6-17H2,1-3,5H3;1H. The molecule has 4 heteroatoms. The van der Waals surface area contributed by atoms with Gasteiger partial charge in [-0.2, -0.15) is 0 Å². The van der Waals surface area contributed by atoms with Crippen LogP contribution in [0.2, 0.25) is 0 Å². The Hall–Kier alpha value is -0.540. The average Bonchev–Trinajstić information content (AvgIpc) is 2.52. The third-order valence-electron chi connectivity index (χ3n) is 4.44. The molecule has 0 aromatic heterocycles. The number of amides is 1. The van der Waals surface area contributed by atoms with Crippen LogP contribution in [0.25, 0.3) is 0 Å². The SMILES string of the molecule is C=C(C)C(=O)NCCC[N+](CCCC)(CCCC)CCCC.[Cl-]. The second kappa shape index (κ2) is 15.0. The van der Waals surface area contributed by atoms with E-state index in [4.69, 9.17) is 0 Å². The van der Waals surface area contributed by atoms with Crippen molar-refractivity contribution in [1.82, 2.24) is 5.32 Å². The predicted octanol–water partition coefficient (Wildman–Crippen LogP) is 1.29. The van der Waals surface area contributed by atoms with E-state index in [1.807, 2.05) is 0 Å². The van der Waals surface area contributed by atoms with E-state index in [2.05, 4.69) is 32.7 Å². The van der Waals surface area contributed by atoms with Crippen molar-refractivity contribution in [3.8, 4) is 0 Å². The molecule has 0 aliphatic carbocycles. The molecule has 0 bridgehead atoms. The number of hydrogen-bond acceptors (Lipinski definition) is 1. The molecule has 0 atom stereocenters. The molecule has 0 unspecified atom stereocenters. The highest BCUT2D eigenvalue weighted by atomic mass is 35.5. The Morgan fingerprint density at radius 3 is 1.61 bits per heavy atom. The molecule has 0 aromatic rings. The second-order valence-corrected chi connectivity index (χ2v) is 6.69. The Bertz CT molecular complexity index is 297. The van der Waals surface area contributed by atoms with Crippen LogP contribution >= 0.6 is 0 Å². The third-order valence-corrected chi connectivity index (χ3v) is 4.44. The number of hydrogen-bond donors (Lipinski definition) is 1. The summed E-state index contributed by atoms with van der Waals surface area (Å²) in [7, 11) is 0. The van der Waals surface area contributed by atoms with Gasteiger partial charge in [-0.15, -0.1) is 0 Å². The van der Waals surface area contributed by atoms with Crippen LogP contribution in [-0.2, 0) is 4.79 Å². The molecule has 0 aromatic carbocycles. The lowest BCUT2D eigenvalue weighted by Gasteiger charge is -2.39. The highest BCUT2D eigenvalue weighted by Crippen LogP contribution is 2.15. The van der Waals surface area contributed by atoms with Gasteiger partial charge in [0.15, 0.2) is 0 Å². The van der Waals surface area contributed by atoms with Gasteiger partial charge in [0.2, 0.25) is 5.91 Å². The van der Waals surface area contributed by atoms with Crippen LogP contribution in [0, 0.1) is 0 Å². The maximum atomic E-state index is 11.6. The molecule has 0 spiro atoms. The average molecular weight is 347 g/mol. The Morgan fingerprint density at radius 1 is 0.870 bits per heavy atom. The lowest BCUT2D eigenvalue weighted by atomic mass is 10.1. The molecule has 0 heterocycles. The third kappa shape index (κ3) is 11.6. The molecule has 0 rings (SSSR count). The van der Waals surface area contributed by atoms with Gasteiger partial charge < -0.3 is 22.2 Å². The monoisotopic (exact) mass is 346 g/mol. The van der Waals surface area contributed by atoms with Gasteiger partial charge in [-0.1, -0.05) is 46.6 Å². The van der Waals surface area contributed by atoms with E-state index in [9.17, 15) is 4.79 Å². The Kier molecular flexibility index (Phi) is 16.1. The zero-order valence-electron chi connectivity index (χ0n) is 15.9. The number of unbranched alkanes of at least 4 members (excludes halogenated alkanes) is 3. The fourth-order valence-electron chi connectivity index (χ4n) is 2.92. The molecule has 3 nitrogen and oxygen atoms in total. The number of rotatable bonds is 14. The summed E-state index contributed by atoms with van der Waals surface area (Å²) in [5.74, 6) is -0.00576. The van der Waals surface area contributed by atoms with Crippen molar-refractivity contribution < 1.29 is 21.7 Å². The first-order valence-corrected chi connectivity index (χ1v) is 9.30. The van der Waals surface area contributed by atoms with Gasteiger partial charge in [0.05, 0.1) is 26.2 Å². The summed E-state index contributed by atoms with van der Waals surface area (Å²) < 4.78 is 1.25. The first kappa shape index (κ1) is 24.7. The summed E-state index contributed by atoms with van der Waals surface area (Å²) in [5, 5.41) is 2.97. The first-order valence-electron chi connectivity index (χ1n) is 9.30. The summed E-state index contributed by atoms with van der Waals surface area (Å²) in [6.45, 7) is 18.1. The van der Waals surface area contributed by atoms with Crippen molar-refractivity contribution in [2.75, 3.05) is 32.7 Å². The molecule has 0 fully saturated rings. The summed E-state index contributed by atoms with van der Waals surface area (Å²) in [4.78, 5) is 11.6. The van der Waals surface area contributed by atoms with Crippen LogP contribution in [0.4, 0.5) is 0 Å². The van der Waals surface area contributed by atoms with Crippen molar-refractivity contribution in [3.05, 3.63) is 12.2 Å². The zero-order valence-corrected chi connectivity index (χ0v) is 16.7. The smallest absolute Gasteiger partial charge is 0.246 e. The van der Waals surface area contributed by atoms with Gasteiger partial charge in [0.1, 0.15) is 0 Å². The molecule has 23 heavy (non-hydrogen) atoms. The number of carbonyl (C=O) groups excluding carboxylic acids is 1. The molecule has 138 valence electrons. The molecule has 0 radical (unpaired) electrons.